The van der Waals surface area contributed by atoms with Crippen molar-refractivity contribution in [2.45, 2.75) is 0 Å². The van der Waals surface area contributed by atoms with Crippen LogP contribution in [0.3, 0.4) is 0 Å². The number of hydrogen-bond acceptors (Lipinski definition) is 7. The summed E-state index contributed by atoms with van der Waals surface area (Å²) in [6.45, 7) is -11.0. The van der Waals surface area contributed by atoms with E-state index in [2.05, 4.69) is 18.1 Å². The van der Waals surface area contributed by atoms with E-state index < -0.39 is 26.3 Å². The monoisotopic (exact) mass is 634 g/mol. The smallest absolute Gasteiger partial charge is 0.354 e. The third kappa shape index (κ3) is 7.47. The summed E-state index contributed by atoms with van der Waals surface area (Å²) >= 11 is 33.4. The third-order valence-corrected chi connectivity index (χ3v) is 18.8. The van der Waals surface area contributed by atoms with Crippen molar-refractivity contribution in [1.29, 1.82) is 0 Å². The van der Waals surface area contributed by atoms with Crippen LogP contribution in [0.1, 0.15) is 0 Å². The van der Waals surface area contributed by atoms with Gasteiger partial charge < -0.3 is 13.6 Å². The molecule has 0 amide bonds. The van der Waals surface area contributed by atoms with Gasteiger partial charge in [0.15, 0.2) is 0 Å². The Morgan fingerprint density at radius 3 is 1.06 bits per heavy atom. The van der Waals surface area contributed by atoms with Gasteiger partial charge in [-0.15, -0.1) is 9.03 Å². The zero-order chi connectivity index (χ0) is 24.3. The van der Waals surface area contributed by atoms with Crippen LogP contribution in [0.2, 0.25) is 0 Å². The fourth-order valence-corrected chi connectivity index (χ4v) is 21.7. The summed E-state index contributed by atoms with van der Waals surface area (Å²) in [5, 5.41) is 0. The summed E-state index contributed by atoms with van der Waals surface area (Å²) in [7, 11) is 0. The zero-order valence-electron chi connectivity index (χ0n) is 16.9. The normalized spacial score (nSPS) is 27.9. The highest BCUT2D eigenvalue weighted by Crippen LogP contribution is 2.84. The van der Waals surface area contributed by atoms with Crippen molar-refractivity contribution in [2.75, 3.05) is 0 Å². The minimum atomic E-state index is -3.71. The average molecular weight is 637 g/mol. The van der Waals surface area contributed by atoms with Gasteiger partial charge in [0, 0.05) is 0 Å². The van der Waals surface area contributed by atoms with Gasteiger partial charge in [0.25, 0.3) is 5.91 Å². The molecule has 16 heteroatoms. The standard InChI is InChI=1S/C18H15Cl5N4O3P4/c19-31(20)24-32(21,28-16-10-4-1-5-11-16)26-34(23,30-18-14-8-3-9-15-18)27-33(22,25-31)29-17-12-6-2-7-13-17/h1-15H. The lowest BCUT2D eigenvalue weighted by molar-refractivity contribution is 0.603. The molecule has 180 valence electrons. The number of rotatable bonds is 6. The fourth-order valence-electron chi connectivity index (χ4n) is 2.57. The van der Waals surface area contributed by atoms with Crippen LogP contribution in [0.15, 0.2) is 109 Å². The Bertz CT molecular complexity index is 1350. The summed E-state index contributed by atoms with van der Waals surface area (Å²) in [4.78, 5) is 0. The Hall–Kier alpha value is -0.570. The first-order valence-electron chi connectivity index (χ1n) is 9.34. The maximum absolute atomic E-state index is 6.87. The van der Waals surface area contributed by atoms with Crippen molar-refractivity contribution in [3.63, 3.8) is 0 Å². The molecule has 0 saturated heterocycles. The Kier molecular flexibility index (Phi) is 8.43. The summed E-state index contributed by atoms with van der Waals surface area (Å²) < 4.78 is 35.3. The van der Waals surface area contributed by atoms with Crippen molar-refractivity contribution < 1.29 is 13.6 Å². The largest absolute Gasteiger partial charge is 0.431 e. The molecule has 34 heavy (non-hydrogen) atoms. The van der Waals surface area contributed by atoms with E-state index in [1.54, 1.807) is 72.8 Å². The van der Waals surface area contributed by atoms with Gasteiger partial charge in [-0.2, -0.15) is 9.03 Å². The molecule has 0 saturated carbocycles. The maximum atomic E-state index is 6.87. The SMILES string of the molecule is ClP1(Cl)=NP(Cl)(Oc2ccccc2)=NP(Cl)(Oc2ccccc2)=NP(Cl)(Oc2ccccc2)=N1. The highest BCUT2D eigenvalue weighted by molar-refractivity contribution is 8.16. The topological polar surface area (TPSA) is 77.1 Å². The lowest BCUT2D eigenvalue weighted by Gasteiger charge is -2.25. The molecule has 0 N–H and O–H groups in total. The molecule has 1 aliphatic heterocycles. The molecule has 4 rings (SSSR count). The summed E-state index contributed by atoms with van der Waals surface area (Å²) in [5.41, 5.74) is 0. The van der Waals surface area contributed by atoms with Gasteiger partial charge >= 0.3 is 20.4 Å². The molecule has 0 aromatic heterocycles. The molecular weight excluding hydrogens is 621 g/mol. The Balaban J connectivity index is 1.90. The van der Waals surface area contributed by atoms with E-state index >= 15 is 0 Å². The second kappa shape index (κ2) is 10.8. The second-order valence-corrected chi connectivity index (χ2v) is 20.9. The van der Waals surface area contributed by atoms with Crippen LogP contribution in [0.25, 0.3) is 0 Å². The van der Waals surface area contributed by atoms with Gasteiger partial charge in [-0.25, -0.2) is 0 Å². The van der Waals surface area contributed by atoms with Crippen LogP contribution in [0, 0.1) is 0 Å². The molecule has 1 heterocycles. The molecule has 3 aromatic carbocycles. The Morgan fingerprint density at radius 2 is 0.706 bits per heavy atom. The van der Waals surface area contributed by atoms with Crippen molar-refractivity contribution in [3.05, 3.63) is 91.0 Å². The molecule has 0 radical (unpaired) electrons. The third-order valence-electron chi connectivity index (χ3n) is 3.77. The van der Waals surface area contributed by atoms with Crippen LogP contribution in [0.5, 0.6) is 17.2 Å². The van der Waals surface area contributed by atoms with Crippen molar-refractivity contribution in [3.8, 4) is 17.2 Å². The van der Waals surface area contributed by atoms with Gasteiger partial charge in [-0.3, -0.25) is 0 Å². The van der Waals surface area contributed by atoms with Crippen LogP contribution in [0.4, 0.5) is 0 Å². The van der Waals surface area contributed by atoms with Gasteiger partial charge in [0.2, 0.25) is 0 Å². The molecule has 0 spiro atoms. The van der Waals surface area contributed by atoms with E-state index in [1.165, 1.54) is 0 Å². The van der Waals surface area contributed by atoms with Crippen molar-refractivity contribution >= 4 is 82.5 Å². The van der Waals surface area contributed by atoms with E-state index in [1.807, 2.05) is 18.2 Å². The lowest BCUT2D eigenvalue weighted by Crippen LogP contribution is -1.92. The second-order valence-electron chi connectivity index (χ2n) is 6.45. The van der Waals surface area contributed by atoms with Gasteiger partial charge in [-0.05, 0) is 92.6 Å². The first kappa shape index (κ1) is 26.5. The Morgan fingerprint density at radius 1 is 0.412 bits per heavy atom. The van der Waals surface area contributed by atoms with Crippen LogP contribution in [-0.4, -0.2) is 0 Å². The molecule has 0 bridgehead atoms. The fraction of sp³-hybridized carbons (Fsp3) is 0. The lowest BCUT2D eigenvalue weighted by atomic mass is 10.3. The summed E-state index contributed by atoms with van der Waals surface area (Å²) in [6, 6.07) is 26.1. The number of halogens is 5. The van der Waals surface area contributed by atoms with Crippen molar-refractivity contribution in [2.24, 2.45) is 18.1 Å². The average Bonchev–Trinajstić information content (AvgIpc) is 2.73. The predicted octanol–water partition coefficient (Wildman–Crippen LogP) is 12.2. The first-order valence-corrected chi connectivity index (χ1v) is 20.4. The molecule has 0 aliphatic carbocycles. The summed E-state index contributed by atoms with van der Waals surface area (Å²) in [5.74, 6) is -2.44. The highest BCUT2D eigenvalue weighted by atomic mass is 35.9. The number of hydrogen-bond donors (Lipinski definition) is 0. The van der Waals surface area contributed by atoms with E-state index in [-0.39, 0.29) is 0 Å². The molecule has 0 fully saturated rings. The minimum Gasteiger partial charge on any atom is -0.431 e. The van der Waals surface area contributed by atoms with Crippen molar-refractivity contribution in [1.82, 2.24) is 0 Å². The molecule has 1 aliphatic rings. The molecule has 3 atom stereocenters. The summed E-state index contributed by atoms with van der Waals surface area (Å²) in [6.07, 6.45) is 0. The number of nitrogens with zero attached hydrogens (tertiary/aromatic N) is 4. The van der Waals surface area contributed by atoms with E-state index in [4.69, 9.17) is 69.8 Å². The predicted molar refractivity (Wildman–Crippen MR) is 148 cm³/mol. The van der Waals surface area contributed by atoms with E-state index in [0.717, 1.165) is 0 Å². The maximum Gasteiger partial charge on any atom is 0.354 e. The van der Waals surface area contributed by atoms with Gasteiger partial charge in [-0.1, -0.05) is 54.6 Å². The van der Waals surface area contributed by atoms with Gasteiger partial charge in [0.05, 0.1) is 0 Å². The molecule has 7 nitrogen and oxygen atoms in total. The molecule has 3 aromatic rings. The highest BCUT2D eigenvalue weighted by Gasteiger charge is 2.38. The van der Waals surface area contributed by atoms with Crippen LogP contribution < -0.4 is 13.6 Å². The molecular formula is C18H15Cl5N4O3P4. The number of benzene rings is 3. The minimum absolute atomic E-state index is 0.377. The first-order chi connectivity index (χ1) is 16.1. The molecule has 3 unspecified atom stereocenters. The van der Waals surface area contributed by atoms with E-state index in [0.29, 0.717) is 17.2 Å². The van der Waals surface area contributed by atoms with E-state index in [9.17, 15) is 0 Å². The quantitative estimate of drug-likeness (QED) is 0.253. The Labute approximate surface area is 221 Å². The van der Waals surface area contributed by atoms with Crippen LogP contribution in [-0.2, 0) is 0 Å². The van der Waals surface area contributed by atoms with Gasteiger partial charge in [0.1, 0.15) is 17.2 Å². The van der Waals surface area contributed by atoms with Crippen LogP contribution >= 0.6 is 82.5 Å². The number of para-hydroxylation sites is 3. The zero-order valence-corrected chi connectivity index (χ0v) is 24.2.